The van der Waals surface area contributed by atoms with Crippen LogP contribution in [0.2, 0.25) is 0 Å². The standard InChI is InChI=1S/C26H34N4O4/c1-18(2)13-15-34-24-16-19(7-12-23(24)33-3)17-28-30-14-5-4-6-22(30)26(32)29-21-10-8-20(9-11-21)25(27)31/h7-12,16-18,22H,4-6,13-15H2,1-3H3,(H2,27,31)(H,29,32)/b28-17+. The number of ether oxygens (including phenoxy) is 2. The number of nitrogens with one attached hydrogen (secondary N) is 1. The van der Waals surface area contributed by atoms with Crippen molar-refractivity contribution < 1.29 is 19.1 Å². The highest BCUT2D eigenvalue weighted by atomic mass is 16.5. The van der Waals surface area contributed by atoms with E-state index in [-0.39, 0.29) is 11.9 Å². The highest BCUT2D eigenvalue weighted by molar-refractivity contribution is 5.96. The Kier molecular flexibility index (Phi) is 8.90. The monoisotopic (exact) mass is 466 g/mol. The van der Waals surface area contributed by atoms with Gasteiger partial charge in [-0.15, -0.1) is 0 Å². The number of carbonyl (C=O) groups is 2. The number of anilines is 1. The molecular weight excluding hydrogens is 432 g/mol. The smallest absolute Gasteiger partial charge is 0.248 e. The lowest BCUT2D eigenvalue weighted by molar-refractivity contribution is -0.122. The van der Waals surface area contributed by atoms with E-state index in [0.29, 0.717) is 48.2 Å². The second-order valence-corrected chi connectivity index (χ2v) is 8.79. The van der Waals surface area contributed by atoms with Crippen LogP contribution in [0, 0.1) is 5.92 Å². The maximum absolute atomic E-state index is 13.0. The molecule has 1 heterocycles. The van der Waals surface area contributed by atoms with Crippen LogP contribution in [0.25, 0.3) is 0 Å². The van der Waals surface area contributed by atoms with Crippen molar-refractivity contribution in [1.82, 2.24) is 5.01 Å². The predicted molar refractivity (Wildman–Crippen MR) is 133 cm³/mol. The maximum Gasteiger partial charge on any atom is 0.248 e. The lowest BCUT2D eigenvalue weighted by atomic mass is 10.0. The number of primary amides is 1. The van der Waals surface area contributed by atoms with Crippen molar-refractivity contribution in [2.24, 2.45) is 16.8 Å². The van der Waals surface area contributed by atoms with E-state index in [1.165, 1.54) is 0 Å². The first-order valence-electron chi connectivity index (χ1n) is 11.7. The van der Waals surface area contributed by atoms with Gasteiger partial charge in [0.05, 0.1) is 19.9 Å². The van der Waals surface area contributed by atoms with E-state index in [9.17, 15) is 9.59 Å². The topological polar surface area (TPSA) is 106 Å². The molecule has 1 unspecified atom stereocenters. The zero-order valence-corrected chi connectivity index (χ0v) is 20.1. The van der Waals surface area contributed by atoms with Crippen LogP contribution >= 0.6 is 0 Å². The van der Waals surface area contributed by atoms with Gasteiger partial charge in [-0.25, -0.2) is 0 Å². The molecular formula is C26H34N4O4. The van der Waals surface area contributed by atoms with Crippen LogP contribution in [0.5, 0.6) is 11.5 Å². The Morgan fingerprint density at radius 2 is 1.94 bits per heavy atom. The number of benzene rings is 2. The SMILES string of the molecule is COc1ccc(/C=N/N2CCCCC2C(=O)Nc2ccc(C(N)=O)cc2)cc1OCCC(C)C. The Bertz CT molecular complexity index is 1000. The summed E-state index contributed by atoms with van der Waals surface area (Å²) in [5, 5.41) is 9.38. The summed E-state index contributed by atoms with van der Waals surface area (Å²) in [4.78, 5) is 24.2. The van der Waals surface area contributed by atoms with Crippen LogP contribution in [0.3, 0.4) is 0 Å². The van der Waals surface area contributed by atoms with E-state index in [1.807, 2.05) is 23.2 Å². The van der Waals surface area contributed by atoms with Crippen LogP contribution in [0.15, 0.2) is 47.6 Å². The van der Waals surface area contributed by atoms with Gasteiger partial charge in [-0.3, -0.25) is 14.6 Å². The van der Waals surface area contributed by atoms with Gasteiger partial charge in [-0.05, 0) is 79.6 Å². The average molecular weight is 467 g/mol. The van der Waals surface area contributed by atoms with E-state index >= 15 is 0 Å². The molecule has 182 valence electrons. The van der Waals surface area contributed by atoms with Crippen LogP contribution in [-0.4, -0.2) is 49.3 Å². The molecule has 3 rings (SSSR count). The van der Waals surface area contributed by atoms with Crippen molar-refractivity contribution >= 4 is 23.7 Å². The molecule has 2 aromatic rings. The summed E-state index contributed by atoms with van der Waals surface area (Å²) < 4.78 is 11.3. The average Bonchev–Trinajstić information content (AvgIpc) is 2.83. The fourth-order valence-corrected chi connectivity index (χ4v) is 3.70. The van der Waals surface area contributed by atoms with Crippen LogP contribution in [0.1, 0.15) is 55.5 Å². The third-order valence-electron chi connectivity index (χ3n) is 5.71. The normalized spacial score (nSPS) is 16.0. The Hall–Kier alpha value is -3.55. The molecule has 0 spiro atoms. The van der Waals surface area contributed by atoms with E-state index in [0.717, 1.165) is 24.8 Å². The zero-order chi connectivity index (χ0) is 24.5. The van der Waals surface area contributed by atoms with Crippen LogP contribution < -0.4 is 20.5 Å². The fourth-order valence-electron chi connectivity index (χ4n) is 3.70. The number of carbonyl (C=O) groups excluding carboxylic acids is 2. The Morgan fingerprint density at radius 3 is 2.62 bits per heavy atom. The highest BCUT2D eigenvalue weighted by Gasteiger charge is 2.28. The summed E-state index contributed by atoms with van der Waals surface area (Å²) in [5.74, 6) is 1.28. The first-order chi connectivity index (χ1) is 16.4. The van der Waals surface area contributed by atoms with Crippen molar-refractivity contribution in [3.63, 3.8) is 0 Å². The third kappa shape index (κ3) is 6.97. The molecule has 0 bridgehead atoms. The molecule has 2 aromatic carbocycles. The molecule has 2 amide bonds. The molecule has 0 aromatic heterocycles. The van der Waals surface area contributed by atoms with Crippen molar-refractivity contribution in [1.29, 1.82) is 0 Å². The number of hydrazone groups is 1. The first kappa shape index (κ1) is 25.1. The van der Waals surface area contributed by atoms with Gasteiger partial charge in [0, 0.05) is 17.8 Å². The summed E-state index contributed by atoms with van der Waals surface area (Å²) >= 11 is 0. The van der Waals surface area contributed by atoms with E-state index in [4.69, 9.17) is 15.2 Å². The maximum atomic E-state index is 13.0. The predicted octanol–water partition coefficient (Wildman–Crippen LogP) is 4.05. The van der Waals surface area contributed by atoms with Gasteiger partial charge < -0.3 is 20.5 Å². The van der Waals surface area contributed by atoms with Crippen molar-refractivity contribution in [2.75, 3.05) is 25.6 Å². The molecule has 1 atom stereocenters. The fraction of sp³-hybridized carbons (Fsp3) is 0.423. The Labute approximate surface area is 201 Å². The lowest BCUT2D eigenvalue weighted by Gasteiger charge is -2.32. The molecule has 34 heavy (non-hydrogen) atoms. The van der Waals surface area contributed by atoms with E-state index < -0.39 is 5.91 Å². The number of rotatable bonds is 10. The van der Waals surface area contributed by atoms with Crippen LogP contribution in [0.4, 0.5) is 5.69 Å². The molecule has 1 aliphatic heterocycles. The van der Waals surface area contributed by atoms with Crippen molar-refractivity contribution in [3.05, 3.63) is 53.6 Å². The molecule has 8 nitrogen and oxygen atoms in total. The number of hydrogen-bond acceptors (Lipinski definition) is 6. The van der Waals surface area contributed by atoms with E-state index in [2.05, 4.69) is 24.3 Å². The second kappa shape index (κ2) is 12.1. The minimum Gasteiger partial charge on any atom is -0.493 e. The second-order valence-electron chi connectivity index (χ2n) is 8.79. The summed E-state index contributed by atoms with van der Waals surface area (Å²) in [6.45, 7) is 5.63. The quantitative estimate of drug-likeness (QED) is 0.514. The van der Waals surface area contributed by atoms with Gasteiger partial charge >= 0.3 is 0 Å². The minimum atomic E-state index is -0.502. The third-order valence-corrected chi connectivity index (χ3v) is 5.71. The van der Waals surface area contributed by atoms with Gasteiger partial charge in [0.2, 0.25) is 11.8 Å². The van der Waals surface area contributed by atoms with Gasteiger partial charge in [0.25, 0.3) is 0 Å². The van der Waals surface area contributed by atoms with Gasteiger partial charge in [-0.1, -0.05) is 13.8 Å². The van der Waals surface area contributed by atoms with Crippen molar-refractivity contribution in [3.8, 4) is 11.5 Å². The van der Waals surface area contributed by atoms with Gasteiger partial charge in [-0.2, -0.15) is 5.10 Å². The molecule has 1 aliphatic rings. The largest absolute Gasteiger partial charge is 0.493 e. The number of nitrogens with zero attached hydrogens (tertiary/aromatic N) is 2. The molecule has 1 fully saturated rings. The molecule has 0 radical (unpaired) electrons. The number of methoxy groups -OCH3 is 1. The number of amides is 2. The highest BCUT2D eigenvalue weighted by Crippen LogP contribution is 2.28. The van der Waals surface area contributed by atoms with Crippen LogP contribution in [-0.2, 0) is 4.79 Å². The minimum absolute atomic E-state index is 0.129. The zero-order valence-electron chi connectivity index (χ0n) is 20.1. The first-order valence-corrected chi connectivity index (χ1v) is 11.7. The summed E-state index contributed by atoms with van der Waals surface area (Å²) in [5.41, 5.74) is 7.16. The molecule has 3 N–H and O–H groups in total. The van der Waals surface area contributed by atoms with E-state index in [1.54, 1.807) is 37.6 Å². The molecule has 0 saturated carbocycles. The van der Waals surface area contributed by atoms with Gasteiger partial charge in [0.1, 0.15) is 6.04 Å². The number of hydrogen-bond donors (Lipinski definition) is 2. The number of piperidine rings is 1. The number of nitrogens with two attached hydrogens (primary N) is 1. The summed E-state index contributed by atoms with van der Waals surface area (Å²) in [6.07, 6.45) is 5.36. The Morgan fingerprint density at radius 1 is 1.18 bits per heavy atom. The van der Waals surface area contributed by atoms with Gasteiger partial charge in [0.15, 0.2) is 11.5 Å². The summed E-state index contributed by atoms with van der Waals surface area (Å²) in [7, 11) is 1.62. The summed E-state index contributed by atoms with van der Waals surface area (Å²) in [6, 6.07) is 11.8. The van der Waals surface area contributed by atoms with Crippen molar-refractivity contribution in [2.45, 2.75) is 45.6 Å². The Balaban J connectivity index is 1.68. The molecule has 1 saturated heterocycles. The molecule has 0 aliphatic carbocycles. The molecule has 8 heteroatoms. The lowest BCUT2D eigenvalue weighted by Crippen LogP contribution is -2.44.